The van der Waals surface area contributed by atoms with Crippen LogP contribution in [0.1, 0.15) is 39.2 Å². The zero-order valence-electron chi connectivity index (χ0n) is 12.1. The Balaban J connectivity index is 3.05. The number of benzene rings is 1. The van der Waals surface area contributed by atoms with Gasteiger partial charge in [-0.25, -0.2) is 13.1 Å². The molecule has 2 unspecified atom stereocenters. The van der Waals surface area contributed by atoms with Gasteiger partial charge in [-0.3, -0.25) is 0 Å². The molecule has 1 aromatic carbocycles. The second-order valence-electron chi connectivity index (χ2n) is 5.20. The van der Waals surface area contributed by atoms with Gasteiger partial charge in [-0.1, -0.05) is 32.9 Å². The summed E-state index contributed by atoms with van der Waals surface area (Å²) in [6, 6.07) is 7.04. The van der Waals surface area contributed by atoms with E-state index in [0.29, 0.717) is 17.4 Å². The predicted octanol–water partition coefficient (Wildman–Crippen LogP) is 2.07. The van der Waals surface area contributed by atoms with Gasteiger partial charge in [0.25, 0.3) is 0 Å². The van der Waals surface area contributed by atoms with Crippen molar-refractivity contribution in [2.45, 2.75) is 44.6 Å². The quantitative estimate of drug-likeness (QED) is 0.840. The van der Waals surface area contributed by atoms with Crippen molar-refractivity contribution in [2.75, 3.05) is 6.54 Å². The van der Waals surface area contributed by atoms with Gasteiger partial charge in [-0.15, -0.1) is 0 Å². The summed E-state index contributed by atoms with van der Waals surface area (Å²) < 4.78 is 26.2. The van der Waals surface area contributed by atoms with Crippen LogP contribution in [0.3, 0.4) is 0 Å². The van der Waals surface area contributed by atoms with E-state index in [1.165, 1.54) is 0 Å². The van der Waals surface area contributed by atoms with E-state index in [1.54, 1.807) is 19.1 Å². The summed E-state index contributed by atoms with van der Waals surface area (Å²) in [5, 5.41) is 0. The second-order valence-corrected chi connectivity index (χ2v) is 6.97. The number of hydrogen-bond acceptors (Lipinski definition) is 3. The van der Waals surface area contributed by atoms with Gasteiger partial charge >= 0.3 is 0 Å². The van der Waals surface area contributed by atoms with Crippen LogP contribution < -0.4 is 10.5 Å². The Morgan fingerprint density at radius 2 is 1.68 bits per heavy atom. The molecule has 5 heteroatoms. The molecule has 0 saturated heterocycles. The molecule has 3 N–H and O–H groups in total. The number of hydrogen-bond donors (Lipinski definition) is 2. The topological polar surface area (TPSA) is 72.2 Å². The van der Waals surface area contributed by atoms with Crippen LogP contribution in [0.2, 0.25) is 0 Å². The van der Waals surface area contributed by atoms with E-state index in [4.69, 9.17) is 5.73 Å². The summed E-state index contributed by atoms with van der Waals surface area (Å²) in [4.78, 5) is 0.297. The zero-order chi connectivity index (χ0) is 14.6. The van der Waals surface area contributed by atoms with E-state index >= 15 is 0 Å². The molecule has 0 fully saturated rings. The van der Waals surface area contributed by atoms with E-state index in [9.17, 15) is 8.42 Å². The number of sulfonamides is 1. The molecule has 0 heterocycles. The first-order valence-electron chi connectivity index (χ1n) is 6.64. The van der Waals surface area contributed by atoms with E-state index in [0.717, 1.165) is 5.56 Å². The molecule has 0 aromatic heterocycles. The zero-order valence-corrected chi connectivity index (χ0v) is 12.9. The van der Waals surface area contributed by atoms with Gasteiger partial charge in [0.05, 0.1) is 4.90 Å². The molecule has 0 radical (unpaired) electrons. The van der Waals surface area contributed by atoms with Gasteiger partial charge in [-0.2, -0.15) is 0 Å². The number of rotatable bonds is 6. The van der Waals surface area contributed by atoms with Gasteiger partial charge in [0.2, 0.25) is 10.0 Å². The third-order valence-electron chi connectivity index (χ3n) is 3.19. The van der Waals surface area contributed by atoms with Crippen molar-refractivity contribution in [1.82, 2.24) is 4.72 Å². The predicted molar refractivity (Wildman–Crippen MR) is 78.5 cm³/mol. The molecule has 0 saturated carbocycles. The third kappa shape index (κ3) is 4.03. The van der Waals surface area contributed by atoms with Crippen LogP contribution in [0.4, 0.5) is 0 Å². The highest BCUT2D eigenvalue weighted by molar-refractivity contribution is 7.89. The van der Waals surface area contributed by atoms with Crippen LogP contribution in [-0.4, -0.2) is 21.0 Å². The van der Waals surface area contributed by atoms with Gasteiger partial charge in [0, 0.05) is 18.5 Å². The van der Waals surface area contributed by atoms with Crippen LogP contribution in [0.15, 0.2) is 29.2 Å². The lowest BCUT2D eigenvalue weighted by atomic mass is 9.83. The van der Waals surface area contributed by atoms with E-state index < -0.39 is 10.0 Å². The number of nitrogens with two attached hydrogens (primary N) is 1. The van der Waals surface area contributed by atoms with Gasteiger partial charge in [-0.05, 0) is 30.5 Å². The first-order chi connectivity index (χ1) is 8.79. The molecule has 108 valence electrons. The minimum absolute atomic E-state index is 0.0382. The molecule has 1 aromatic rings. The minimum Gasteiger partial charge on any atom is -0.327 e. The average Bonchev–Trinajstić information content (AvgIpc) is 2.28. The minimum atomic E-state index is -3.37. The summed E-state index contributed by atoms with van der Waals surface area (Å²) >= 11 is 0. The fourth-order valence-corrected chi connectivity index (χ4v) is 3.48. The molecule has 1 rings (SSSR count). The Bertz CT molecular complexity index is 485. The first kappa shape index (κ1) is 16.1. The van der Waals surface area contributed by atoms with Gasteiger partial charge in [0.1, 0.15) is 0 Å². The molecule has 0 amide bonds. The lowest BCUT2D eigenvalue weighted by Crippen LogP contribution is -2.28. The molecular formula is C14H24N2O2S. The monoisotopic (exact) mass is 284 g/mol. The van der Waals surface area contributed by atoms with E-state index in [2.05, 4.69) is 18.6 Å². The Hall–Kier alpha value is -0.910. The fourth-order valence-electron chi connectivity index (χ4n) is 2.44. The lowest BCUT2D eigenvalue weighted by molar-refractivity contribution is 0.435. The lowest BCUT2D eigenvalue weighted by Gasteiger charge is -2.25. The molecule has 0 spiro atoms. The van der Waals surface area contributed by atoms with Crippen molar-refractivity contribution in [2.24, 2.45) is 11.7 Å². The van der Waals surface area contributed by atoms with Crippen LogP contribution in [0.25, 0.3) is 0 Å². The van der Waals surface area contributed by atoms with Crippen LogP contribution in [0.5, 0.6) is 0 Å². The molecule has 19 heavy (non-hydrogen) atoms. The fraction of sp³-hybridized carbons (Fsp3) is 0.571. The van der Waals surface area contributed by atoms with E-state index in [-0.39, 0.29) is 12.0 Å². The third-order valence-corrected chi connectivity index (χ3v) is 4.76. The van der Waals surface area contributed by atoms with Crippen molar-refractivity contribution < 1.29 is 8.42 Å². The molecule has 2 atom stereocenters. The molecule has 0 bridgehead atoms. The Morgan fingerprint density at radius 3 is 2.05 bits per heavy atom. The van der Waals surface area contributed by atoms with Gasteiger partial charge < -0.3 is 5.73 Å². The maximum Gasteiger partial charge on any atom is 0.240 e. The normalized spacial score (nSPS) is 15.5. The SMILES string of the molecule is CCNS(=O)(=O)c1ccc(C(C(C)C)C(C)N)cc1. The highest BCUT2D eigenvalue weighted by atomic mass is 32.2. The molecule has 0 aliphatic rings. The largest absolute Gasteiger partial charge is 0.327 e. The number of nitrogens with one attached hydrogen (secondary N) is 1. The van der Waals surface area contributed by atoms with Crippen molar-refractivity contribution in [3.63, 3.8) is 0 Å². The summed E-state index contributed by atoms with van der Waals surface area (Å²) in [7, 11) is -3.37. The van der Waals surface area contributed by atoms with Gasteiger partial charge in [0.15, 0.2) is 0 Å². The second kappa shape index (κ2) is 6.50. The Labute approximate surface area is 116 Å². The van der Waals surface area contributed by atoms with Crippen LogP contribution in [-0.2, 0) is 10.0 Å². The molecule has 0 aliphatic carbocycles. The van der Waals surface area contributed by atoms with Crippen molar-refractivity contribution in [3.05, 3.63) is 29.8 Å². The Morgan fingerprint density at radius 1 is 1.16 bits per heavy atom. The van der Waals surface area contributed by atoms with E-state index in [1.807, 2.05) is 19.1 Å². The summed E-state index contributed by atoms with van der Waals surface area (Å²) in [6.07, 6.45) is 0. The summed E-state index contributed by atoms with van der Waals surface area (Å²) in [5.74, 6) is 0.645. The van der Waals surface area contributed by atoms with Crippen LogP contribution >= 0.6 is 0 Å². The molecule has 0 aliphatic heterocycles. The van der Waals surface area contributed by atoms with Crippen LogP contribution in [0, 0.1) is 5.92 Å². The Kier molecular flexibility index (Phi) is 5.52. The summed E-state index contributed by atoms with van der Waals surface area (Å²) in [6.45, 7) is 8.37. The smallest absolute Gasteiger partial charge is 0.240 e. The maximum absolute atomic E-state index is 11.8. The molecule has 4 nitrogen and oxygen atoms in total. The maximum atomic E-state index is 11.8. The standard InChI is InChI=1S/C14H24N2O2S/c1-5-16-19(17,18)13-8-6-12(7-9-13)14(10(2)3)11(4)15/h6-11,14,16H,5,15H2,1-4H3. The van der Waals surface area contributed by atoms with Crippen molar-refractivity contribution >= 4 is 10.0 Å². The highest BCUT2D eigenvalue weighted by Gasteiger charge is 2.21. The van der Waals surface area contributed by atoms with Crippen molar-refractivity contribution in [1.29, 1.82) is 0 Å². The van der Waals surface area contributed by atoms with Crippen molar-refractivity contribution in [3.8, 4) is 0 Å². The first-order valence-corrected chi connectivity index (χ1v) is 8.13. The summed E-state index contributed by atoms with van der Waals surface area (Å²) in [5.41, 5.74) is 7.09. The molecular weight excluding hydrogens is 260 g/mol. The average molecular weight is 284 g/mol. The highest BCUT2D eigenvalue weighted by Crippen LogP contribution is 2.27.